The van der Waals surface area contributed by atoms with Crippen molar-refractivity contribution in [2.24, 2.45) is 11.1 Å². The highest BCUT2D eigenvalue weighted by Crippen LogP contribution is 2.12. The maximum Gasteiger partial charge on any atom is 0.145 e. The van der Waals surface area contributed by atoms with Crippen LogP contribution in [0, 0.1) is 16.7 Å². The second-order valence-electron chi connectivity index (χ2n) is 6.64. The highest BCUT2D eigenvalue weighted by Gasteiger charge is 2.12. The zero-order valence-electron chi connectivity index (χ0n) is 13.9. The topological polar surface area (TPSA) is 93.7 Å². The minimum Gasteiger partial charge on any atom is -0.382 e. The molecule has 0 saturated heterocycles. The van der Waals surface area contributed by atoms with E-state index in [1.165, 1.54) is 0 Å². The van der Waals surface area contributed by atoms with Crippen LogP contribution in [0.15, 0.2) is 23.9 Å². The van der Waals surface area contributed by atoms with Crippen molar-refractivity contribution in [3.05, 3.63) is 23.9 Å². The first-order valence-corrected chi connectivity index (χ1v) is 6.97. The minimum absolute atomic E-state index is 0.0324. The Balaban J connectivity index is 0. The number of nitrogen functional groups attached to an aromatic ring is 1. The number of allylic oxidation sites excluding steroid dienone is 1. The van der Waals surface area contributed by atoms with Gasteiger partial charge in [-0.2, -0.15) is 10.4 Å². The van der Waals surface area contributed by atoms with Crippen molar-refractivity contribution < 1.29 is 0 Å². The van der Waals surface area contributed by atoms with Gasteiger partial charge < -0.3 is 11.5 Å². The molecule has 4 N–H and O–H groups in total. The Kier molecular flexibility index (Phi) is 9.78. The number of aromatic nitrogens is 2. The number of anilines is 1. The van der Waals surface area contributed by atoms with Crippen molar-refractivity contribution >= 4 is 17.4 Å². The molecule has 0 aliphatic carbocycles. The van der Waals surface area contributed by atoms with Crippen molar-refractivity contribution in [2.75, 3.05) is 12.3 Å². The van der Waals surface area contributed by atoms with Crippen LogP contribution in [0.25, 0.3) is 0 Å². The fraction of sp³-hybridized carbons (Fsp3) is 0.600. The van der Waals surface area contributed by atoms with E-state index in [-0.39, 0.29) is 10.6 Å². The largest absolute Gasteiger partial charge is 0.382 e. The number of nitrogens with two attached hydrogens (primary N) is 2. The van der Waals surface area contributed by atoms with E-state index in [1.54, 1.807) is 12.1 Å². The third-order valence-electron chi connectivity index (χ3n) is 2.03. The molecule has 1 aromatic rings. The highest BCUT2D eigenvalue weighted by molar-refractivity contribution is 6.31. The molecule has 6 heteroatoms. The molecule has 0 spiro atoms. The van der Waals surface area contributed by atoms with Gasteiger partial charge in [0.1, 0.15) is 16.9 Å². The normalized spacial score (nSPS) is 10.4. The second kappa shape index (κ2) is 9.43. The van der Waals surface area contributed by atoms with Crippen LogP contribution in [-0.4, -0.2) is 16.3 Å². The zero-order valence-corrected chi connectivity index (χ0v) is 14.7. The molecule has 1 rings (SSSR count). The molecule has 5 nitrogen and oxygen atoms in total. The smallest absolute Gasteiger partial charge is 0.145 e. The lowest BCUT2D eigenvalue weighted by Crippen LogP contribution is -2.22. The lowest BCUT2D eigenvalue weighted by atomic mass is 9.98. The van der Waals surface area contributed by atoms with Gasteiger partial charge >= 0.3 is 0 Å². The van der Waals surface area contributed by atoms with Crippen LogP contribution in [0.3, 0.4) is 0 Å². The highest BCUT2D eigenvalue weighted by atomic mass is 35.5. The maximum absolute atomic E-state index is 7.66. The van der Waals surface area contributed by atoms with E-state index in [2.05, 4.69) is 53.2 Å². The molecule has 0 amide bonds. The predicted molar refractivity (Wildman–Crippen MR) is 90.8 cm³/mol. The van der Waals surface area contributed by atoms with E-state index in [9.17, 15) is 0 Å². The summed E-state index contributed by atoms with van der Waals surface area (Å²) >= 11 is 4.91. The van der Waals surface area contributed by atoms with Crippen LogP contribution in [-0.2, 0) is 5.54 Å². The standard InChI is InChI=1S/C7H13N3.C5H13N.C3H2ClN/c1-7(2,3)10-5-4-6(8)9-10;1-5(2,3)4-6;1-3(4)2-5/h4-5H,1-3H3,(H2,8,9);4,6H2,1-3H3;1H2. The Bertz CT molecular complexity index is 458. The molecule has 1 heterocycles. The van der Waals surface area contributed by atoms with Gasteiger partial charge in [0.05, 0.1) is 5.54 Å². The third kappa shape index (κ3) is 14.7. The first kappa shape index (κ1) is 21.8. The maximum atomic E-state index is 7.66. The molecule has 21 heavy (non-hydrogen) atoms. The molecule has 0 unspecified atom stereocenters. The number of nitriles is 1. The van der Waals surface area contributed by atoms with Gasteiger partial charge in [0.2, 0.25) is 0 Å². The number of rotatable bonds is 0. The lowest BCUT2D eigenvalue weighted by molar-refractivity contribution is 0.356. The van der Waals surface area contributed by atoms with E-state index in [1.807, 2.05) is 10.9 Å². The number of hydrogen-bond acceptors (Lipinski definition) is 4. The Hall–Kier alpha value is -1.51. The van der Waals surface area contributed by atoms with Crippen molar-refractivity contribution in [1.29, 1.82) is 5.26 Å². The fourth-order valence-corrected chi connectivity index (χ4v) is 0.712. The summed E-state index contributed by atoms with van der Waals surface area (Å²) in [5.41, 5.74) is 11.1. The Morgan fingerprint density at radius 2 is 1.76 bits per heavy atom. The van der Waals surface area contributed by atoms with E-state index < -0.39 is 0 Å². The van der Waals surface area contributed by atoms with Gasteiger partial charge in [-0.3, -0.25) is 4.68 Å². The number of halogens is 1. The lowest BCUT2D eigenvalue weighted by Gasteiger charge is -2.18. The van der Waals surface area contributed by atoms with E-state index in [0.717, 1.165) is 6.54 Å². The van der Waals surface area contributed by atoms with Gasteiger partial charge in [-0.15, -0.1) is 0 Å². The van der Waals surface area contributed by atoms with Crippen LogP contribution in [0.1, 0.15) is 41.5 Å². The summed E-state index contributed by atoms with van der Waals surface area (Å²) in [4.78, 5) is 0. The van der Waals surface area contributed by atoms with Crippen molar-refractivity contribution in [3.63, 3.8) is 0 Å². The van der Waals surface area contributed by atoms with Crippen LogP contribution in [0.2, 0.25) is 0 Å². The quantitative estimate of drug-likeness (QED) is 0.717. The van der Waals surface area contributed by atoms with Crippen LogP contribution >= 0.6 is 11.6 Å². The Morgan fingerprint density at radius 1 is 1.38 bits per heavy atom. The molecule has 0 aliphatic heterocycles. The van der Waals surface area contributed by atoms with Gasteiger partial charge in [0.15, 0.2) is 0 Å². The zero-order chi connectivity index (χ0) is 17.3. The van der Waals surface area contributed by atoms with E-state index >= 15 is 0 Å². The molecule has 120 valence electrons. The fourth-order valence-electron chi connectivity index (χ4n) is 0.712. The number of hydrogen-bond donors (Lipinski definition) is 2. The molecule has 1 aromatic heterocycles. The van der Waals surface area contributed by atoms with Crippen molar-refractivity contribution in [3.8, 4) is 6.07 Å². The first-order valence-electron chi connectivity index (χ1n) is 6.59. The van der Waals surface area contributed by atoms with Crippen molar-refractivity contribution in [1.82, 2.24) is 9.78 Å². The SMILES string of the molecule is C=C(Cl)C#N.CC(C)(C)CN.CC(C)(C)n1ccc(N)n1. The third-order valence-corrected chi connectivity index (χ3v) is 2.12. The molecule has 0 aliphatic rings. The summed E-state index contributed by atoms with van der Waals surface area (Å²) in [6.07, 6.45) is 1.88. The predicted octanol–water partition coefficient (Wildman–Crippen LogP) is 3.47. The number of nitrogens with zero attached hydrogens (tertiary/aromatic N) is 3. The van der Waals surface area contributed by atoms with Crippen LogP contribution < -0.4 is 11.5 Å². The molecule has 0 bridgehead atoms. The van der Waals surface area contributed by atoms with Crippen LogP contribution in [0.5, 0.6) is 0 Å². The van der Waals surface area contributed by atoms with Crippen molar-refractivity contribution in [2.45, 2.75) is 47.1 Å². The average Bonchev–Trinajstić information content (AvgIpc) is 2.76. The first-order chi connectivity index (χ1) is 9.33. The summed E-state index contributed by atoms with van der Waals surface area (Å²) in [7, 11) is 0. The molecule has 0 radical (unpaired) electrons. The second-order valence-corrected chi connectivity index (χ2v) is 7.09. The molecule has 0 saturated carbocycles. The molecular formula is C15H28ClN5. The molecule has 0 fully saturated rings. The minimum atomic E-state index is 0.0324. The average molecular weight is 314 g/mol. The summed E-state index contributed by atoms with van der Waals surface area (Å²) in [5.74, 6) is 0.579. The van der Waals surface area contributed by atoms with E-state index in [4.69, 9.17) is 28.3 Å². The summed E-state index contributed by atoms with van der Waals surface area (Å²) in [6, 6.07) is 3.40. The van der Waals surface area contributed by atoms with Gasteiger partial charge in [-0.1, -0.05) is 39.0 Å². The molecular weight excluding hydrogens is 286 g/mol. The monoisotopic (exact) mass is 313 g/mol. The summed E-state index contributed by atoms with van der Waals surface area (Å²) < 4.78 is 1.85. The summed E-state index contributed by atoms with van der Waals surface area (Å²) in [6.45, 7) is 16.5. The van der Waals surface area contributed by atoms with E-state index in [0.29, 0.717) is 11.2 Å². The molecule has 0 aromatic carbocycles. The molecule has 0 atom stereocenters. The summed E-state index contributed by atoms with van der Waals surface area (Å²) in [5, 5.41) is 11.8. The van der Waals surface area contributed by atoms with Gasteiger partial charge in [-0.25, -0.2) is 0 Å². The van der Waals surface area contributed by atoms with Gasteiger partial charge in [0, 0.05) is 6.20 Å². The Morgan fingerprint density at radius 3 is 1.86 bits per heavy atom. The Labute approximate surface area is 133 Å². The van der Waals surface area contributed by atoms with Crippen LogP contribution in [0.4, 0.5) is 5.82 Å². The van der Waals surface area contributed by atoms with Gasteiger partial charge in [-0.05, 0) is 38.8 Å². The van der Waals surface area contributed by atoms with Gasteiger partial charge in [0.25, 0.3) is 0 Å².